The Morgan fingerprint density at radius 2 is 1.84 bits per heavy atom. The fourth-order valence-corrected chi connectivity index (χ4v) is 2.06. The van der Waals surface area contributed by atoms with Crippen molar-refractivity contribution in [2.45, 2.75) is 12.7 Å². The Morgan fingerprint density at radius 3 is 2.44 bits per heavy atom. The SMILES string of the molecule is NCc1ccccc1C(F)(F)F.O=C(O)c1ccc2cnccc2n1. The van der Waals surface area contributed by atoms with Crippen LogP contribution in [-0.4, -0.2) is 21.0 Å². The van der Waals surface area contributed by atoms with Crippen LogP contribution >= 0.6 is 0 Å². The van der Waals surface area contributed by atoms with E-state index in [2.05, 4.69) is 9.97 Å². The van der Waals surface area contributed by atoms with E-state index in [0.717, 1.165) is 11.5 Å². The van der Waals surface area contributed by atoms with E-state index >= 15 is 0 Å². The molecule has 0 atom stereocenters. The minimum atomic E-state index is -4.30. The lowest BCUT2D eigenvalue weighted by Gasteiger charge is -2.10. The molecule has 0 saturated heterocycles. The van der Waals surface area contributed by atoms with Gasteiger partial charge in [-0.3, -0.25) is 4.98 Å². The first-order valence-corrected chi connectivity index (χ1v) is 7.12. The monoisotopic (exact) mass is 349 g/mol. The van der Waals surface area contributed by atoms with Gasteiger partial charge in [0.05, 0.1) is 11.1 Å². The third-order valence-corrected chi connectivity index (χ3v) is 3.25. The molecule has 130 valence electrons. The molecule has 0 bridgehead atoms. The Morgan fingerprint density at radius 1 is 1.12 bits per heavy atom. The maximum Gasteiger partial charge on any atom is 0.416 e. The summed E-state index contributed by atoms with van der Waals surface area (Å²) in [6.45, 7) is -0.0876. The lowest BCUT2D eigenvalue weighted by atomic mass is 10.1. The van der Waals surface area contributed by atoms with Gasteiger partial charge in [0, 0.05) is 24.3 Å². The number of benzene rings is 1. The minimum Gasteiger partial charge on any atom is -0.477 e. The zero-order valence-corrected chi connectivity index (χ0v) is 12.9. The van der Waals surface area contributed by atoms with Crippen molar-refractivity contribution in [3.05, 3.63) is 71.7 Å². The number of hydrogen-bond donors (Lipinski definition) is 2. The number of nitrogens with zero attached hydrogens (tertiary/aromatic N) is 2. The Balaban J connectivity index is 0.000000181. The molecule has 0 spiro atoms. The van der Waals surface area contributed by atoms with Crippen LogP contribution in [0.5, 0.6) is 0 Å². The number of nitrogens with two attached hydrogens (primary N) is 1. The van der Waals surface area contributed by atoms with E-state index < -0.39 is 17.7 Å². The van der Waals surface area contributed by atoms with E-state index in [-0.39, 0.29) is 17.8 Å². The van der Waals surface area contributed by atoms with Gasteiger partial charge in [0.1, 0.15) is 5.69 Å². The number of fused-ring (bicyclic) bond motifs is 1. The number of halogens is 3. The molecule has 0 fully saturated rings. The Bertz CT molecular complexity index is 882. The van der Waals surface area contributed by atoms with Gasteiger partial charge < -0.3 is 10.8 Å². The van der Waals surface area contributed by atoms with Gasteiger partial charge in [-0.15, -0.1) is 0 Å². The maximum absolute atomic E-state index is 12.2. The number of aromatic carboxylic acids is 1. The van der Waals surface area contributed by atoms with Crippen molar-refractivity contribution in [2.75, 3.05) is 0 Å². The smallest absolute Gasteiger partial charge is 0.416 e. The van der Waals surface area contributed by atoms with Crippen LogP contribution in [0.1, 0.15) is 21.6 Å². The Kier molecular flexibility index (Phi) is 5.66. The van der Waals surface area contributed by atoms with E-state index in [1.165, 1.54) is 24.3 Å². The minimum absolute atomic E-state index is 0.0544. The molecule has 0 unspecified atom stereocenters. The number of hydrogen-bond acceptors (Lipinski definition) is 4. The second-order valence-corrected chi connectivity index (χ2v) is 4.93. The number of aromatic nitrogens is 2. The Hall–Kier alpha value is -3.00. The summed E-state index contributed by atoms with van der Waals surface area (Å²) in [6, 6.07) is 10.1. The van der Waals surface area contributed by atoms with Gasteiger partial charge in [-0.25, -0.2) is 9.78 Å². The van der Waals surface area contributed by atoms with Crippen LogP contribution < -0.4 is 5.73 Å². The van der Waals surface area contributed by atoms with E-state index in [9.17, 15) is 18.0 Å². The van der Waals surface area contributed by atoms with Gasteiger partial charge >= 0.3 is 12.1 Å². The number of alkyl halides is 3. The molecule has 0 aliphatic rings. The second kappa shape index (κ2) is 7.71. The van der Waals surface area contributed by atoms with Crippen LogP contribution in [-0.2, 0) is 12.7 Å². The highest BCUT2D eigenvalue weighted by atomic mass is 19.4. The van der Waals surface area contributed by atoms with E-state index in [1.54, 1.807) is 24.5 Å². The van der Waals surface area contributed by atoms with E-state index in [1.807, 2.05) is 0 Å². The number of rotatable bonds is 2. The molecule has 5 nitrogen and oxygen atoms in total. The molecular weight excluding hydrogens is 335 g/mol. The van der Waals surface area contributed by atoms with Crippen molar-refractivity contribution in [3.63, 3.8) is 0 Å². The molecule has 1 aromatic carbocycles. The van der Waals surface area contributed by atoms with Crippen molar-refractivity contribution in [1.29, 1.82) is 0 Å². The number of carboxylic acid groups (broad SMARTS) is 1. The predicted molar refractivity (Wildman–Crippen MR) is 85.8 cm³/mol. The third kappa shape index (κ3) is 4.74. The highest BCUT2D eigenvalue weighted by Crippen LogP contribution is 2.31. The van der Waals surface area contributed by atoms with Crippen LogP contribution in [0.15, 0.2) is 54.9 Å². The van der Waals surface area contributed by atoms with E-state index in [0.29, 0.717) is 5.52 Å². The van der Waals surface area contributed by atoms with Crippen LogP contribution in [0.3, 0.4) is 0 Å². The van der Waals surface area contributed by atoms with Crippen molar-refractivity contribution in [2.24, 2.45) is 5.73 Å². The number of pyridine rings is 2. The third-order valence-electron chi connectivity index (χ3n) is 3.25. The van der Waals surface area contributed by atoms with Crippen molar-refractivity contribution in [3.8, 4) is 0 Å². The fourth-order valence-electron chi connectivity index (χ4n) is 2.06. The molecule has 0 aliphatic heterocycles. The largest absolute Gasteiger partial charge is 0.477 e. The average molecular weight is 349 g/mol. The van der Waals surface area contributed by atoms with Crippen LogP contribution in [0.25, 0.3) is 10.9 Å². The summed E-state index contributed by atoms with van der Waals surface area (Å²) < 4.78 is 36.5. The van der Waals surface area contributed by atoms with Gasteiger partial charge in [-0.2, -0.15) is 13.2 Å². The summed E-state index contributed by atoms with van der Waals surface area (Å²) in [5.74, 6) is -1.02. The molecule has 3 N–H and O–H groups in total. The molecule has 2 heterocycles. The van der Waals surface area contributed by atoms with Crippen molar-refractivity contribution in [1.82, 2.24) is 9.97 Å². The molecule has 25 heavy (non-hydrogen) atoms. The molecule has 0 radical (unpaired) electrons. The summed E-state index contributed by atoms with van der Waals surface area (Å²) in [5, 5.41) is 9.51. The van der Waals surface area contributed by atoms with Gasteiger partial charge in [0.2, 0.25) is 0 Å². The molecule has 3 rings (SSSR count). The zero-order chi connectivity index (χ0) is 18.4. The zero-order valence-electron chi connectivity index (χ0n) is 12.9. The maximum atomic E-state index is 12.2. The molecule has 0 amide bonds. The van der Waals surface area contributed by atoms with E-state index in [4.69, 9.17) is 10.8 Å². The van der Waals surface area contributed by atoms with Crippen LogP contribution in [0, 0.1) is 0 Å². The van der Waals surface area contributed by atoms with Gasteiger partial charge in [-0.05, 0) is 29.8 Å². The second-order valence-electron chi connectivity index (χ2n) is 4.93. The summed E-state index contributed by atoms with van der Waals surface area (Å²) in [6.07, 6.45) is -1.06. The number of carboxylic acids is 1. The fraction of sp³-hybridized carbons (Fsp3) is 0.118. The summed E-state index contributed by atoms with van der Waals surface area (Å²) >= 11 is 0. The first-order chi connectivity index (χ1) is 11.8. The lowest BCUT2D eigenvalue weighted by molar-refractivity contribution is -0.138. The standard InChI is InChI=1S/C9H6N2O2.C8H8F3N/c12-9(13)8-2-1-6-5-10-4-3-7(6)11-8;9-8(10,11)7-4-2-1-3-6(7)5-12/h1-5H,(H,12,13);1-4H,5,12H2. The van der Waals surface area contributed by atoms with Gasteiger partial charge in [-0.1, -0.05) is 18.2 Å². The van der Waals surface area contributed by atoms with Crippen molar-refractivity contribution < 1.29 is 23.1 Å². The summed E-state index contributed by atoms with van der Waals surface area (Å²) in [7, 11) is 0. The topological polar surface area (TPSA) is 89.1 Å². The highest BCUT2D eigenvalue weighted by Gasteiger charge is 2.32. The predicted octanol–water partition coefficient (Wildman–Crippen LogP) is 3.49. The summed E-state index contributed by atoms with van der Waals surface area (Å²) in [4.78, 5) is 18.4. The highest BCUT2D eigenvalue weighted by molar-refractivity contribution is 5.89. The molecule has 3 aromatic rings. The van der Waals surface area contributed by atoms with Gasteiger partial charge in [0.15, 0.2) is 0 Å². The van der Waals surface area contributed by atoms with Crippen molar-refractivity contribution >= 4 is 16.9 Å². The van der Waals surface area contributed by atoms with Crippen LogP contribution in [0.2, 0.25) is 0 Å². The Labute approximate surface area is 141 Å². The molecule has 2 aromatic heterocycles. The summed E-state index contributed by atoms with van der Waals surface area (Å²) in [5.41, 5.74) is 5.33. The van der Waals surface area contributed by atoms with Crippen LogP contribution in [0.4, 0.5) is 13.2 Å². The molecule has 0 saturated carbocycles. The average Bonchev–Trinajstić information content (AvgIpc) is 2.61. The quantitative estimate of drug-likeness (QED) is 0.739. The number of carbonyl (C=O) groups is 1. The molecule has 0 aliphatic carbocycles. The molecular formula is C17H14F3N3O2. The lowest BCUT2D eigenvalue weighted by Crippen LogP contribution is -2.11. The molecule has 8 heteroatoms. The van der Waals surface area contributed by atoms with Gasteiger partial charge in [0.25, 0.3) is 0 Å². The first kappa shape index (κ1) is 18.3. The first-order valence-electron chi connectivity index (χ1n) is 7.12. The normalized spacial score (nSPS) is 10.9.